The van der Waals surface area contributed by atoms with Gasteiger partial charge in [0, 0.05) is 17.9 Å². The molecule has 0 saturated heterocycles. The van der Waals surface area contributed by atoms with Crippen LogP contribution in [0.1, 0.15) is 29.2 Å². The molecular weight excluding hydrogens is 346 g/mol. The van der Waals surface area contributed by atoms with Crippen molar-refractivity contribution in [1.82, 2.24) is 29.7 Å². The lowest BCUT2D eigenvalue weighted by molar-refractivity contribution is -0.116. The predicted octanol–water partition coefficient (Wildman–Crippen LogP) is 2.03. The monoisotopic (exact) mass is 361 g/mol. The molecule has 5 rings (SSSR count). The number of aromatic amines is 1. The van der Waals surface area contributed by atoms with Crippen molar-refractivity contribution in [3.63, 3.8) is 0 Å². The zero-order valence-corrected chi connectivity index (χ0v) is 14.3. The number of aromatic nitrogens is 6. The van der Waals surface area contributed by atoms with Crippen LogP contribution in [0.5, 0.6) is 5.75 Å². The summed E-state index contributed by atoms with van der Waals surface area (Å²) in [6.45, 7) is 1.91. The van der Waals surface area contributed by atoms with E-state index in [0.29, 0.717) is 29.2 Å². The highest BCUT2D eigenvalue weighted by molar-refractivity contribution is 5.95. The van der Waals surface area contributed by atoms with Crippen LogP contribution in [0.2, 0.25) is 0 Å². The summed E-state index contributed by atoms with van der Waals surface area (Å²) in [5.41, 5.74) is 3.85. The quantitative estimate of drug-likeness (QED) is 0.502. The van der Waals surface area contributed by atoms with Gasteiger partial charge >= 0.3 is 0 Å². The summed E-state index contributed by atoms with van der Waals surface area (Å²) in [6.07, 6.45) is 3.28. The van der Waals surface area contributed by atoms with Gasteiger partial charge in [-0.25, -0.2) is 15.0 Å². The van der Waals surface area contributed by atoms with Gasteiger partial charge in [-0.1, -0.05) is 12.1 Å². The molecule has 1 atom stereocenters. The molecule has 3 aromatic heterocycles. The number of amides is 1. The van der Waals surface area contributed by atoms with Crippen molar-refractivity contribution in [1.29, 1.82) is 0 Å². The maximum atomic E-state index is 12.4. The molecule has 134 valence electrons. The van der Waals surface area contributed by atoms with E-state index in [2.05, 4.69) is 30.4 Å². The number of hydrogen-bond donors (Lipinski definition) is 3. The maximum Gasteiger partial charge on any atom is 0.226 e. The van der Waals surface area contributed by atoms with Gasteiger partial charge in [0.1, 0.15) is 23.4 Å². The van der Waals surface area contributed by atoms with Gasteiger partial charge in [-0.3, -0.25) is 4.79 Å². The van der Waals surface area contributed by atoms with Crippen molar-refractivity contribution in [3.05, 3.63) is 53.7 Å². The molecule has 9 nitrogen and oxygen atoms in total. The van der Waals surface area contributed by atoms with Gasteiger partial charge in [0.25, 0.3) is 0 Å². The van der Waals surface area contributed by atoms with Gasteiger partial charge < -0.3 is 15.4 Å². The number of nitrogens with zero attached hydrogens (tertiary/aromatic N) is 5. The highest BCUT2D eigenvalue weighted by atomic mass is 16.3. The Kier molecular flexibility index (Phi) is 3.23. The Labute approximate surface area is 153 Å². The van der Waals surface area contributed by atoms with Crippen molar-refractivity contribution in [3.8, 4) is 11.6 Å². The van der Waals surface area contributed by atoms with Crippen molar-refractivity contribution < 1.29 is 9.90 Å². The van der Waals surface area contributed by atoms with Crippen LogP contribution in [0.4, 0.5) is 5.82 Å². The van der Waals surface area contributed by atoms with E-state index in [-0.39, 0.29) is 17.6 Å². The fourth-order valence-corrected chi connectivity index (χ4v) is 3.60. The Bertz CT molecular complexity index is 1180. The maximum absolute atomic E-state index is 12.4. The first-order chi connectivity index (χ1) is 13.1. The number of aromatic hydroxyl groups is 1. The molecule has 0 bridgehead atoms. The number of aryl methyl sites for hydroxylation is 1. The number of carbonyl (C=O) groups excluding carboxylic acids is 1. The molecule has 1 aliphatic heterocycles. The molecule has 0 unspecified atom stereocenters. The molecule has 0 fully saturated rings. The Morgan fingerprint density at radius 3 is 2.81 bits per heavy atom. The highest BCUT2D eigenvalue weighted by Crippen LogP contribution is 2.40. The lowest BCUT2D eigenvalue weighted by Crippen LogP contribution is -2.25. The number of H-pyrrole nitrogens is 1. The predicted molar refractivity (Wildman–Crippen MR) is 96.7 cm³/mol. The molecule has 4 heterocycles. The smallest absolute Gasteiger partial charge is 0.226 e. The van der Waals surface area contributed by atoms with Crippen molar-refractivity contribution in [2.24, 2.45) is 0 Å². The van der Waals surface area contributed by atoms with Gasteiger partial charge in [0.2, 0.25) is 5.91 Å². The number of nitrogens with one attached hydrogen (secondary N) is 2. The summed E-state index contributed by atoms with van der Waals surface area (Å²) in [5, 5.41) is 17.1. The number of hydrogen-bond acceptors (Lipinski definition) is 6. The second-order valence-corrected chi connectivity index (χ2v) is 6.45. The number of carbonyl (C=O) groups is 1. The Morgan fingerprint density at radius 2 is 2.00 bits per heavy atom. The van der Waals surface area contributed by atoms with Crippen molar-refractivity contribution in [2.45, 2.75) is 19.3 Å². The minimum atomic E-state index is -0.151. The standard InChI is InChI=1S/C18H15N7O2/c1-9-14-12(10-2-4-11(26)5-3-10)6-13(27)23-17(14)25(24-9)18-15-16(20-7-19-15)21-8-22-18/h2-5,7-8,12,26H,6H2,1H3,(H,23,27)(H,19,20,21,22)/t12-/m1/s1. The van der Waals surface area contributed by atoms with Crippen molar-refractivity contribution >= 4 is 22.9 Å². The third kappa shape index (κ3) is 2.35. The summed E-state index contributed by atoms with van der Waals surface area (Å²) in [4.78, 5) is 28.1. The van der Waals surface area contributed by atoms with Gasteiger partial charge in [0.05, 0.1) is 12.0 Å². The van der Waals surface area contributed by atoms with Gasteiger partial charge in [-0.2, -0.15) is 9.78 Å². The van der Waals surface area contributed by atoms with E-state index in [4.69, 9.17) is 0 Å². The number of phenolic OH excluding ortho intramolecular Hbond substituents is 1. The van der Waals surface area contributed by atoms with Gasteiger partial charge in [-0.05, 0) is 24.6 Å². The molecular formula is C18H15N7O2. The summed E-state index contributed by atoms with van der Waals surface area (Å²) in [6, 6.07) is 6.91. The van der Waals surface area contributed by atoms with E-state index < -0.39 is 0 Å². The fraction of sp³-hybridized carbons (Fsp3) is 0.167. The summed E-state index contributed by atoms with van der Waals surface area (Å²) >= 11 is 0. The molecule has 1 aromatic carbocycles. The molecule has 9 heteroatoms. The summed E-state index contributed by atoms with van der Waals surface area (Å²) < 4.78 is 1.62. The molecule has 1 aliphatic rings. The molecule has 0 saturated carbocycles. The Morgan fingerprint density at radius 1 is 1.19 bits per heavy atom. The fourth-order valence-electron chi connectivity index (χ4n) is 3.60. The lowest BCUT2D eigenvalue weighted by Gasteiger charge is -2.24. The average Bonchev–Trinajstić information content (AvgIpc) is 3.26. The first-order valence-corrected chi connectivity index (χ1v) is 8.44. The third-order valence-electron chi connectivity index (χ3n) is 4.80. The third-order valence-corrected chi connectivity index (χ3v) is 4.80. The van der Waals surface area contributed by atoms with Crippen LogP contribution in [0.25, 0.3) is 17.0 Å². The Balaban J connectivity index is 1.72. The van der Waals surface area contributed by atoms with E-state index in [9.17, 15) is 9.90 Å². The Hall–Kier alpha value is -3.75. The van der Waals surface area contributed by atoms with E-state index in [1.165, 1.54) is 6.33 Å². The van der Waals surface area contributed by atoms with Gasteiger partial charge in [-0.15, -0.1) is 0 Å². The number of imidazole rings is 1. The molecule has 0 spiro atoms. The van der Waals surface area contributed by atoms with Crippen molar-refractivity contribution in [2.75, 3.05) is 5.32 Å². The number of rotatable bonds is 2. The minimum Gasteiger partial charge on any atom is -0.508 e. The second-order valence-electron chi connectivity index (χ2n) is 6.45. The largest absolute Gasteiger partial charge is 0.508 e. The molecule has 27 heavy (non-hydrogen) atoms. The number of benzene rings is 1. The van der Waals surface area contributed by atoms with E-state index in [0.717, 1.165) is 16.8 Å². The molecule has 4 aromatic rings. The molecule has 0 radical (unpaired) electrons. The molecule has 3 N–H and O–H groups in total. The van der Waals surface area contributed by atoms with Crippen LogP contribution < -0.4 is 5.32 Å². The second kappa shape index (κ2) is 5.63. The zero-order valence-electron chi connectivity index (χ0n) is 14.3. The average molecular weight is 361 g/mol. The summed E-state index contributed by atoms with van der Waals surface area (Å²) in [5.74, 6) is 1.05. The van der Waals surface area contributed by atoms with Crippen LogP contribution in [0, 0.1) is 6.92 Å². The minimum absolute atomic E-state index is 0.100. The topological polar surface area (TPSA) is 122 Å². The van der Waals surface area contributed by atoms with E-state index in [1.54, 1.807) is 23.1 Å². The van der Waals surface area contributed by atoms with Crippen LogP contribution in [-0.2, 0) is 4.79 Å². The zero-order chi connectivity index (χ0) is 18.5. The van der Waals surface area contributed by atoms with E-state index >= 15 is 0 Å². The number of anilines is 1. The molecule has 0 aliphatic carbocycles. The van der Waals surface area contributed by atoms with Crippen LogP contribution in [-0.4, -0.2) is 40.7 Å². The van der Waals surface area contributed by atoms with Gasteiger partial charge in [0.15, 0.2) is 11.5 Å². The number of phenols is 1. The van der Waals surface area contributed by atoms with E-state index in [1.807, 2.05) is 19.1 Å². The first kappa shape index (κ1) is 15.5. The normalized spacial score (nSPS) is 16.3. The number of fused-ring (bicyclic) bond motifs is 2. The van der Waals surface area contributed by atoms with Crippen LogP contribution in [0.3, 0.4) is 0 Å². The SMILES string of the molecule is Cc1nn(-c2ncnc3nc[nH]c23)c2c1[C@@H](c1ccc(O)cc1)CC(=O)N2. The van der Waals surface area contributed by atoms with Crippen LogP contribution in [0.15, 0.2) is 36.9 Å². The lowest BCUT2D eigenvalue weighted by atomic mass is 9.86. The highest BCUT2D eigenvalue weighted by Gasteiger charge is 2.33. The van der Waals surface area contributed by atoms with Crippen LogP contribution >= 0.6 is 0 Å². The summed E-state index contributed by atoms with van der Waals surface area (Å²) in [7, 11) is 0. The molecule has 1 amide bonds. The first-order valence-electron chi connectivity index (χ1n) is 8.44.